The van der Waals surface area contributed by atoms with E-state index >= 15 is 0 Å². The van der Waals surface area contributed by atoms with Crippen LogP contribution in [0.25, 0.3) is 27.2 Å². The Morgan fingerprint density at radius 1 is 0.943 bits per heavy atom. The number of aromatic nitrogens is 4. The highest BCUT2D eigenvalue weighted by Gasteiger charge is 2.14. The van der Waals surface area contributed by atoms with Crippen LogP contribution in [0.5, 0.6) is 0 Å². The molecule has 0 aliphatic carbocycles. The van der Waals surface area contributed by atoms with Gasteiger partial charge in [0.1, 0.15) is 10.8 Å². The Morgan fingerprint density at radius 3 is 2.37 bits per heavy atom. The van der Waals surface area contributed by atoms with E-state index in [0.29, 0.717) is 39.0 Å². The molecule has 8 heteroatoms. The van der Waals surface area contributed by atoms with Crippen molar-refractivity contribution in [2.24, 2.45) is 0 Å². The number of carbonyl (C=O) groups excluding carboxylic acids is 1. The van der Waals surface area contributed by atoms with Gasteiger partial charge in [-0.05, 0) is 54.8 Å². The number of benzene rings is 3. The average Bonchev–Trinajstić information content (AvgIpc) is 3.33. The van der Waals surface area contributed by atoms with E-state index in [0.717, 1.165) is 10.6 Å². The van der Waals surface area contributed by atoms with Gasteiger partial charge in [-0.3, -0.25) is 19.5 Å². The minimum Gasteiger partial charge on any atom is -0.296 e. The average molecular weight is 482 g/mol. The molecule has 174 valence electrons. The first-order valence-corrected chi connectivity index (χ1v) is 12.1. The predicted molar refractivity (Wildman–Crippen MR) is 139 cm³/mol. The summed E-state index contributed by atoms with van der Waals surface area (Å²) in [5, 5.41) is 12.9. The normalized spacial score (nSPS) is 11.2. The highest BCUT2D eigenvalue weighted by Crippen LogP contribution is 2.28. The largest absolute Gasteiger partial charge is 0.296 e. The monoisotopic (exact) mass is 481 g/mol. The molecule has 0 saturated heterocycles. The summed E-state index contributed by atoms with van der Waals surface area (Å²) in [5.41, 5.74) is 3.83. The number of rotatable bonds is 5. The molecule has 7 nitrogen and oxygen atoms in total. The SMILES string of the molecule is Cc1nc2ccccc2c(=O)n1-c1ccc(C(=O)Nc2nnc(-c3ccc(C(C)C)cc3)s2)cc1. The van der Waals surface area contributed by atoms with Gasteiger partial charge in [-0.1, -0.05) is 61.6 Å². The summed E-state index contributed by atoms with van der Waals surface area (Å²) >= 11 is 1.32. The number of hydrogen-bond donors (Lipinski definition) is 1. The molecule has 0 aliphatic heterocycles. The zero-order chi connectivity index (χ0) is 24.5. The Balaban J connectivity index is 1.34. The van der Waals surface area contributed by atoms with Crippen LogP contribution in [0.3, 0.4) is 0 Å². The van der Waals surface area contributed by atoms with Crippen molar-refractivity contribution in [2.45, 2.75) is 26.7 Å². The lowest BCUT2D eigenvalue weighted by atomic mass is 10.0. The molecule has 0 spiro atoms. The standard InChI is InChI=1S/C27H23N5O2S/c1-16(2)18-8-10-20(11-9-18)25-30-31-27(35-25)29-24(33)19-12-14-21(15-13-19)32-17(3)28-23-7-5-4-6-22(23)26(32)34/h4-16H,1-3H3,(H,29,31,33). The van der Waals surface area contributed by atoms with E-state index < -0.39 is 0 Å². The van der Waals surface area contributed by atoms with Crippen molar-refractivity contribution in [2.75, 3.05) is 5.32 Å². The van der Waals surface area contributed by atoms with E-state index in [9.17, 15) is 9.59 Å². The number of carbonyl (C=O) groups is 1. The summed E-state index contributed by atoms with van der Waals surface area (Å²) in [4.78, 5) is 30.3. The second-order valence-corrected chi connectivity index (χ2v) is 9.48. The van der Waals surface area contributed by atoms with Crippen molar-refractivity contribution >= 4 is 33.3 Å². The summed E-state index contributed by atoms with van der Waals surface area (Å²) in [6, 6.07) is 22.3. The molecule has 3 aromatic carbocycles. The first-order valence-electron chi connectivity index (χ1n) is 11.2. The van der Waals surface area contributed by atoms with E-state index in [1.807, 2.05) is 30.3 Å². The van der Waals surface area contributed by atoms with Crippen LogP contribution in [0, 0.1) is 6.92 Å². The Bertz CT molecular complexity index is 1590. The minimum absolute atomic E-state index is 0.145. The van der Waals surface area contributed by atoms with Gasteiger partial charge in [0.2, 0.25) is 5.13 Å². The smallest absolute Gasteiger partial charge is 0.265 e. The van der Waals surface area contributed by atoms with Gasteiger partial charge in [0.15, 0.2) is 0 Å². The van der Waals surface area contributed by atoms with Crippen LogP contribution in [0.1, 0.15) is 41.5 Å². The lowest BCUT2D eigenvalue weighted by Gasteiger charge is -2.11. The third-order valence-electron chi connectivity index (χ3n) is 5.80. The molecule has 5 aromatic rings. The summed E-state index contributed by atoms with van der Waals surface area (Å²) in [7, 11) is 0. The number of para-hydroxylation sites is 1. The molecular weight excluding hydrogens is 458 g/mol. The van der Waals surface area contributed by atoms with E-state index in [4.69, 9.17) is 0 Å². The van der Waals surface area contributed by atoms with E-state index in [1.54, 1.807) is 41.8 Å². The van der Waals surface area contributed by atoms with E-state index in [2.05, 4.69) is 46.5 Å². The van der Waals surface area contributed by atoms with Crippen LogP contribution in [-0.2, 0) is 0 Å². The third-order valence-corrected chi connectivity index (χ3v) is 6.69. The quantitative estimate of drug-likeness (QED) is 0.353. The molecule has 0 saturated carbocycles. The van der Waals surface area contributed by atoms with Gasteiger partial charge in [-0.25, -0.2) is 4.98 Å². The molecule has 0 radical (unpaired) electrons. The molecule has 35 heavy (non-hydrogen) atoms. The van der Waals surface area contributed by atoms with E-state index in [-0.39, 0.29) is 11.5 Å². The van der Waals surface area contributed by atoms with Gasteiger partial charge in [-0.15, -0.1) is 10.2 Å². The summed E-state index contributed by atoms with van der Waals surface area (Å²) in [5.74, 6) is 0.739. The first kappa shape index (κ1) is 22.6. The fraction of sp³-hybridized carbons (Fsp3) is 0.148. The Kier molecular flexibility index (Phi) is 5.96. The van der Waals surface area contributed by atoms with Crippen LogP contribution >= 0.6 is 11.3 Å². The molecular formula is C27H23N5O2S. The number of amides is 1. The number of hydrogen-bond acceptors (Lipinski definition) is 6. The first-order chi connectivity index (χ1) is 16.9. The molecule has 0 bridgehead atoms. The second kappa shape index (κ2) is 9.23. The lowest BCUT2D eigenvalue weighted by molar-refractivity contribution is 0.102. The van der Waals surface area contributed by atoms with Crippen LogP contribution in [0.15, 0.2) is 77.6 Å². The zero-order valence-corrected chi connectivity index (χ0v) is 20.3. The third kappa shape index (κ3) is 4.48. The van der Waals surface area contributed by atoms with Crippen LogP contribution < -0.4 is 10.9 Å². The second-order valence-electron chi connectivity index (χ2n) is 8.51. The zero-order valence-electron chi connectivity index (χ0n) is 19.5. The Labute approximate surface area is 206 Å². The molecule has 0 aliphatic rings. The van der Waals surface area contributed by atoms with Gasteiger partial charge >= 0.3 is 0 Å². The van der Waals surface area contributed by atoms with Crippen molar-refractivity contribution in [1.29, 1.82) is 0 Å². The highest BCUT2D eigenvalue weighted by molar-refractivity contribution is 7.18. The molecule has 2 heterocycles. The number of aryl methyl sites for hydroxylation is 1. The predicted octanol–water partition coefficient (Wildman–Crippen LogP) is 5.59. The van der Waals surface area contributed by atoms with Gasteiger partial charge in [0.25, 0.3) is 11.5 Å². The van der Waals surface area contributed by atoms with Crippen LogP contribution in [-0.4, -0.2) is 25.7 Å². The van der Waals surface area contributed by atoms with Crippen molar-refractivity contribution in [1.82, 2.24) is 19.7 Å². The maximum absolute atomic E-state index is 13.0. The molecule has 0 fully saturated rings. The molecule has 5 rings (SSSR count). The molecule has 0 atom stereocenters. The molecule has 2 aromatic heterocycles. The fourth-order valence-electron chi connectivity index (χ4n) is 3.88. The van der Waals surface area contributed by atoms with E-state index in [1.165, 1.54) is 16.9 Å². The topological polar surface area (TPSA) is 89.8 Å². The van der Waals surface area contributed by atoms with Crippen molar-refractivity contribution in [3.8, 4) is 16.3 Å². The Hall–Kier alpha value is -4.17. The molecule has 0 unspecified atom stereocenters. The summed E-state index contributed by atoms with van der Waals surface area (Å²) < 4.78 is 1.55. The number of anilines is 1. The lowest BCUT2D eigenvalue weighted by Crippen LogP contribution is -2.22. The maximum atomic E-state index is 13.0. The van der Waals surface area contributed by atoms with Crippen molar-refractivity contribution in [3.63, 3.8) is 0 Å². The van der Waals surface area contributed by atoms with Gasteiger partial charge in [0, 0.05) is 11.1 Å². The summed E-state index contributed by atoms with van der Waals surface area (Å²) in [6.07, 6.45) is 0. The van der Waals surface area contributed by atoms with Gasteiger partial charge in [-0.2, -0.15) is 0 Å². The number of fused-ring (bicyclic) bond motifs is 1. The molecule has 1 N–H and O–H groups in total. The minimum atomic E-state index is -0.296. The van der Waals surface area contributed by atoms with Crippen molar-refractivity contribution in [3.05, 3.63) is 100 Å². The fourth-order valence-corrected chi connectivity index (χ4v) is 4.62. The van der Waals surface area contributed by atoms with Gasteiger partial charge < -0.3 is 0 Å². The maximum Gasteiger partial charge on any atom is 0.265 e. The van der Waals surface area contributed by atoms with Crippen molar-refractivity contribution < 1.29 is 4.79 Å². The number of nitrogens with zero attached hydrogens (tertiary/aromatic N) is 4. The van der Waals surface area contributed by atoms with Crippen LogP contribution in [0.2, 0.25) is 0 Å². The number of nitrogens with one attached hydrogen (secondary N) is 1. The van der Waals surface area contributed by atoms with Crippen LogP contribution in [0.4, 0.5) is 5.13 Å². The summed E-state index contributed by atoms with van der Waals surface area (Å²) in [6.45, 7) is 6.09. The van der Waals surface area contributed by atoms with Gasteiger partial charge in [0.05, 0.1) is 16.6 Å². The Morgan fingerprint density at radius 2 is 1.66 bits per heavy atom. The molecule has 1 amide bonds. The highest BCUT2D eigenvalue weighted by atomic mass is 32.1.